The van der Waals surface area contributed by atoms with Crippen LogP contribution in [0.2, 0.25) is 0 Å². The fourth-order valence-electron chi connectivity index (χ4n) is 2.58. The van der Waals surface area contributed by atoms with Gasteiger partial charge in [0, 0.05) is 12.3 Å². The van der Waals surface area contributed by atoms with Gasteiger partial charge in [0.15, 0.2) is 0 Å². The van der Waals surface area contributed by atoms with Crippen LogP contribution in [-0.2, 0) is 6.42 Å². The zero-order valence-corrected chi connectivity index (χ0v) is 11.0. The molecule has 18 heavy (non-hydrogen) atoms. The average molecular weight is 248 g/mol. The Morgan fingerprint density at radius 1 is 1.17 bits per heavy atom. The summed E-state index contributed by atoms with van der Waals surface area (Å²) in [6, 6.07) is 8.19. The maximum Gasteiger partial charge on any atom is 0.0460 e. The van der Waals surface area contributed by atoms with Crippen molar-refractivity contribution in [1.29, 1.82) is 0 Å². The monoisotopic (exact) mass is 248 g/mol. The third-order valence-corrected chi connectivity index (χ3v) is 3.88. The van der Waals surface area contributed by atoms with Crippen molar-refractivity contribution in [2.24, 2.45) is 5.92 Å². The van der Waals surface area contributed by atoms with Crippen LogP contribution in [0.25, 0.3) is 0 Å². The van der Waals surface area contributed by atoms with Crippen molar-refractivity contribution in [1.82, 2.24) is 4.90 Å². The molecule has 0 radical (unpaired) electrons. The van der Waals surface area contributed by atoms with E-state index in [1.165, 1.54) is 18.5 Å². The number of aryl methyl sites for hydroxylation is 1. The van der Waals surface area contributed by atoms with Crippen molar-refractivity contribution in [3.05, 3.63) is 29.8 Å². The predicted octanol–water partition coefficient (Wildman–Crippen LogP) is 1.91. The maximum atomic E-state index is 9.10. The van der Waals surface area contributed by atoms with Gasteiger partial charge in [0.05, 0.1) is 0 Å². The normalized spacial score (nSPS) is 18.1. The highest BCUT2D eigenvalue weighted by atomic mass is 16.3. The van der Waals surface area contributed by atoms with E-state index >= 15 is 0 Å². The Kier molecular flexibility index (Phi) is 5.02. The third-order valence-electron chi connectivity index (χ3n) is 3.88. The Labute approximate surface area is 110 Å². The van der Waals surface area contributed by atoms with E-state index in [2.05, 4.69) is 17.0 Å². The SMILES string of the molecule is Nc1ccc(CCCN2CCC(CO)CC2)cc1. The number of nitrogen functional groups attached to an aromatic ring is 1. The zero-order valence-electron chi connectivity index (χ0n) is 11.0. The Bertz CT molecular complexity index is 342. The summed E-state index contributed by atoms with van der Waals surface area (Å²) >= 11 is 0. The molecule has 1 aliphatic rings. The molecule has 0 aliphatic carbocycles. The van der Waals surface area contributed by atoms with Gasteiger partial charge in [-0.25, -0.2) is 0 Å². The molecule has 1 aromatic carbocycles. The van der Waals surface area contributed by atoms with Crippen LogP contribution >= 0.6 is 0 Å². The molecule has 1 aliphatic heterocycles. The van der Waals surface area contributed by atoms with E-state index < -0.39 is 0 Å². The minimum atomic E-state index is 0.360. The van der Waals surface area contributed by atoms with E-state index in [1.54, 1.807) is 0 Å². The Balaban J connectivity index is 1.65. The van der Waals surface area contributed by atoms with Crippen molar-refractivity contribution in [2.45, 2.75) is 25.7 Å². The lowest BCUT2D eigenvalue weighted by atomic mass is 9.97. The third kappa shape index (κ3) is 4.00. The lowest BCUT2D eigenvalue weighted by Crippen LogP contribution is -2.35. The molecule has 100 valence electrons. The molecule has 0 unspecified atom stereocenters. The molecule has 1 fully saturated rings. The number of piperidine rings is 1. The van der Waals surface area contributed by atoms with Crippen LogP contribution in [-0.4, -0.2) is 36.2 Å². The van der Waals surface area contributed by atoms with Crippen LogP contribution in [0, 0.1) is 5.92 Å². The molecule has 1 saturated heterocycles. The number of nitrogens with two attached hydrogens (primary N) is 1. The summed E-state index contributed by atoms with van der Waals surface area (Å²) in [5, 5.41) is 9.10. The van der Waals surface area contributed by atoms with Crippen LogP contribution in [0.1, 0.15) is 24.8 Å². The number of anilines is 1. The van der Waals surface area contributed by atoms with Crippen LogP contribution in [0.5, 0.6) is 0 Å². The molecule has 0 bridgehead atoms. The minimum Gasteiger partial charge on any atom is -0.399 e. The number of hydrogen-bond acceptors (Lipinski definition) is 3. The first-order valence-electron chi connectivity index (χ1n) is 6.95. The molecule has 3 nitrogen and oxygen atoms in total. The molecular formula is C15H24N2O. The van der Waals surface area contributed by atoms with Gasteiger partial charge in [0.25, 0.3) is 0 Å². The predicted molar refractivity (Wildman–Crippen MR) is 75.4 cm³/mol. The summed E-state index contributed by atoms with van der Waals surface area (Å²) in [6.07, 6.45) is 4.63. The second kappa shape index (κ2) is 6.76. The van der Waals surface area contributed by atoms with Gasteiger partial charge in [-0.1, -0.05) is 12.1 Å². The van der Waals surface area contributed by atoms with E-state index in [4.69, 9.17) is 10.8 Å². The maximum absolute atomic E-state index is 9.10. The minimum absolute atomic E-state index is 0.360. The Morgan fingerprint density at radius 3 is 2.44 bits per heavy atom. The van der Waals surface area contributed by atoms with Gasteiger partial charge in [0.2, 0.25) is 0 Å². The van der Waals surface area contributed by atoms with Gasteiger partial charge in [0.1, 0.15) is 0 Å². The number of nitrogens with zero attached hydrogens (tertiary/aromatic N) is 1. The lowest BCUT2D eigenvalue weighted by molar-refractivity contribution is 0.131. The highest BCUT2D eigenvalue weighted by Gasteiger charge is 2.17. The number of aliphatic hydroxyl groups excluding tert-OH is 1. The topological polar surface area (TPSA) is 49.5 Å². The molecule has 1 aromatic rings. The highest BCUT2D eigenvalue weighted by molar-refractivity contribution is 5.39. The van der Waals surface area contributed by atoms with Crippen molar-refractivity contribution < 1.29 is 5.11 Å². The van der Waals surface area contributed by atoms with Gasteiger partial charge in [-0.15, -0.1) is 0 Å². The molecular weight excluding hydrogens is 224 g/mol. The molecule has 0 amide bonds. The fraction of sp³-hybridized carbons (Fsp3) is 0.600. The first-order chi connectivity index (χ1) is 8.78. The summed E-state index contributed by atoms with van der Waals surface area (Å²) in [6.45, 7) is 3.82. The standard InChI is InChI=1S/C15H24N2O/c16-15-5-3-13(4-6-15)2-1-9-17-10-7-14(12-18)8-11-17/h3-6,14,18H,1-2,7-12,16H2. The fourth-order valence-corrected chi connectivity index (χ4v) is 2.58. The summed E-state index contributed by atoms with van der Waals surface area (Å²) < 4.78 is 0. The van der Waals surface area contributed by atoms with E-state index in [9.17, 15) is 0 Å². The number of likely N-dealkylation sites (tertiary alicyclic amines) is 1. The number of hydrogen-bond donors (Lipinski definition) is 2. The van der Waals surface area contributed by atoms with Crippen molar-refractivity contribution in [2.75, 3.05) is 32.0 Å². The Morgan fingerprint density at radius 2 is 1.83 bits per heavy atom. The van der Waals surface area contributed by atoms with E-state index in [-0.39, 0.29) is 0 Å². The van der Waals surface area contributed by atoms with E-state index in [0.29, 0.717) is 12.5 Å². The molecule has 0 aromatic heterocycles. The molecule has 0 atom stereocenters. The van der Waals surface area contributed by atoms with Crippen molar-refractivity contribution in [3.63, 3.8) is 0 Å². The number of aliphatic hydroxyl groups is 1. The van der Waals surface area contributed by atoms with Crippen molar-refractivity contribution >= 4 is 5.69 Å². The molecule has 0 spiro atoms. The van der Waals surface area contributed by atoms with Crippen LogP contribution in [0.3, 0.4) is 0 Å². The van der Waals surface area contributed by atoms with Gasteiger partial charge >= 0.3 is 0 Å². The van der Waals surface area contributed by atoms with Gasteiger partial charge < -0.3 is 15.7 Å². The van der Waals surface area contributed by atoms with Gasteiger partial charge in [-0.2, -0.15) is 0 Å². The molecule has 3 heteroatoms. The molecule has 2 rings (SSSR count). The quantitative estimate of drug-likeness (QED) is 0.783. The van der Waals surface area contributed by atoms with Crippen LogP contribution < -0.4 is 5.73 Å². The Hall–Kier alpha value is -1.06. The summed E-state index contributed by atoms with van der Waals surface area (Å²) in [4.78, 5) is 2.52. The van der Waals surface area contributed by atoms with Crippen molar-refractivity contribution in [3.8, 4) is 0 Å². The molecule has 0 saturated carbocycles. The average Bonchev–Trinajstić information content (AvgIpc) is 2.42. The summed E-state index contributed by atoms with van der Waals surface area (Å²) in [5.41, 5.74) is 7.88. The summed E-state index contributed by atoms with van der Waals surface area (Å²) in [7, 11) is 0. The molecule has 3 N–H and O–H groups in total. The van der Waals surface area contributed by atoms with Crippen LogP contribution in [0.4, 0.5) is 5.69 Å². The number of rotatable bonds is 5. The van der Waals surface area contributed by atoms with E-state index in [1.807, 2.05) is 12.1 Å². The second-order valence-corrected chi connectivity index (χ2v) is 5.31. The number of benzene rings is 1. The molecule has 1 heterocycles. The van der Waals surface area contributed by atoms with Gasteiger partial charge in [-0.05, 0) is 68.9 Å². The van der Waals surface area contributed by atoms with Crippen LogP contribution in [0.15, 0.2) is 24.3 Å². The zero-order chi connectivity index (χ0) is 12.8. The first-order valence-corrected chi connectivity index (χ1v) is 6.95. The smallest absolute Gasteiger partial charge is 0.0460 e. The lowest BCUT2D eigenvalue weighted by Gasteiger charge is -2.30. The second-order valence-electron chi connectivity index (χ2n) is 5.31. The van der Waals surface area contributed by atoms with Gasteiger partial charge in [-0.3, -0.25) is 0 Å². The summed E-state index contributed by atoms with van der Waals surface area (Å²) in [5.74, 6) is 0.540. The van der Waals surface area contributed by atoms with E-state index in [0.717, 1.165) is 38.0 Å². The first kappa shape index (κ1) is 13.4. The largest absolute Gasteiger partial charge is 0.399 e. The highest BCUT2D eigenvalue weighted by Crippen LogP contribution is 2.17.